The molecule has 0 saturated heterocycles. The van der Waals surface area contributed by atoms with Gasteiger partial charge in [-0.1, -0.05) is 25.1 Å². The van der Waals surface area contributed by atoms with Crippen molar-refractivity contribution < 1.29 is 14.3 Å². The number of fused-ring (bicyclic) bond motifs is 6. The van der Waals surface area contributed by atoms with Gasteiger partial charge in [-0.15, -0.1) is 5.10 Å². The van der Waals surface area contributed by atoms with Gasteiger partial charge < -0.3 is 5.11 Å². The largest absolute Gasteiger partial charge is 0.390 e. The molecule has 6 rings (SSSR count). The third kappa shape index (κ3) is 3.45. The van der Waals surface area contributed by atoms with Gasteiger partial charge in [-0.3, -0.25) is 4.79 Å². The van der Waals surface area contributed by atoms with Crippen molar-refractivity contribution in [2.45, 2.75) is 104 Å². The smallest absolute Gasteiger partial charge is 0.157 e. The standard InChI is InChI=1S/C30H42FN3O2/c1-5-30-15-14-28(3,36)16-19(30)7-8-20-21-9-10-23(29(21,4)13-12-22(20)30)25(35)17-34-27-24(32-33-34)11-6-18(2)26(27)31/h6,11,19-23,36H,5,7-10,12-17H2,1-4H3/t19-,20+,21+,22+,23-,28-,29+,30+/m1/s1. The fourth-order valence-electron chi connectivity index (χ4n) is 9.97. The van der Waals surface area contributed by atoms with E-state index >= 15 is 0 Å². The van der Waals surface area contributed by atoms with Crippen LogP contribution in [0.3, 0.4) is 0 Å². The first-order valence-electron chi connectivity index (χ1n) is 14.3. The van der Waals surface area contributed by atoms with Crippen molar-refractivity contribution in [1.82, 2.24) is 15.0 Å². The van der Waals surface area contributed by atoms with Crippen molar-refractivity contribution in [1.29, 1.82) is 0 Å². The minimum Gasteiger partial charge on any atom is -0.390 e. The molecule has 1 aromatic heterocycles. The van der Waals surface area contributed by atoms with Crippen LogP contribution >= 0.6 is 0 Å². The number of ketones is 1. The fraction of sp³-hybridized carbons (Fsp3) is 0.767. The van der Waals surface area contributed by atoms with Gasteiger partial charge in [0.2, 0.25) is 0 Å². The molecule has 2 aromatic rings. The second-order valence-corrected chi connectivity index (χ2v) is 13.4. The summed E-state index contributed by atoms with van der Waals surface area (Å²) < 4.78 is 16.4. The summed E-state index contributed by atoms with van der Waals surface area (Å²) in [5.74, 6) is 2.51. The van der Waals surface area contributed by atoms with Crippen molar-refractivity contribution in [2.75, 3.05) is 0 Å². The average molecular weight is 496 g/mol. The van der Waals surface area contributed by atoms with Gasteiger partial charge >= 0.3 is 0 Å². The molecule has 0 unspecified atom stereocenters. The highest BCUT2D eigenvalue weighted by atomic mass is 19.1. The molecule has 8 atom stereocenters. The highest BCUT2D eigenvalue weighted by Crippen LogP contribution is 2.69. The normalized spacial score (nSPS) is 42.1. The first-order chi connectivity index (χ1) is 17.1. The quantitative estimate of drug-likeness (QED) is 0.545. The van der Waals surface area contributed by atoms with Crippen LogP contribution in [-0.4, -0.2) is 31.5 Å². The van der Waals surface area contributed by atoms with Crippen LogP contribution in [0.15, 0.2) is 12.1 Å². The first kappa shape index (κ1) is 24.5. The number of rotatable bonds is 4. The molecule has 4 saturated carbocycles. The first-order valence-corrected chi connectivity index (χ1v) is 14.3. The molecule has 0 amide bonds. The molecular formula is C30H42FN3O2. The maximum atomic E-state index is 14.9. The Balaban J connectivity index is 1.24. The zero-order chi connectivity index (χ0) is 25.5. The van der Waals surface area contributed by atoms with Crippen molar-refractivity contribution >= 4 is 16.8 Å². The minimum absolute atomic E-state index is 0.0120. The fourth-order valence-corrected chi connectivity index (χ4v) is 9.97. The van der Waals surface area contributed by atoms with E-state index in [4.69, 9.17) is 0 Å². The molecule has 1 N–H and O–H groups in total. The molecule has 4 fully saturated rings. The number of halogens is 1. The van der Waals surface area contributed by atoms with E-state index in [2.05, 4.69) is 24.2 Å². The lowest BCUT2D eigenvalue weighted by molar-refractivity contribution is -0.158. The van der Waals surface area contributed by atoms with Crippen LogP contribution in [-0.2, 0) is 11.3 Å². The minimum atomic E-state index is -0.506. The van der Waals surface area contributed by atoms with Gasteiger partial charge in [-0.2, -0.15) is 0 Å². The maximum absolute atomic E-state index is 14.9. The van der Waals surface area contributed by atoms with Crippen LogP contribution in [0.1, 0.15) is 90.5 Å². The molecule has 4 aliphatic rings. The number of aliphatic hydroxyl groups is 1. The highest BCUT2D eigenvalue weighted by Gasteiger charge is 2.62. The average Bonchev–Trinajstić information content (AvgIpc) is 3.41. The molecule has 0 aliphatic heterocycles. The van der Waals surface area contributed by atoms with Crippen molar-refractivity contribution in [3.63, 3.8) is 0 Å². The van der Waals surface area contributed by atoms with Crippen molar-refractivity contribution in [2.24, 2.45) is 40.4 Å². The third-order valence-corrected chi connectivity index (χ3v) is 11.8. The molecule has 0 radical (unpaired) electrons. The summed E-state index contributed by atoms with van der Waals surface area (Å²) in [6, 6.07) is 3.49. The number of carbonyl (C=O) groups excluding carboxylic acids is 1. The van der Waals surface area contributed by atoms with Gasteiger partial charge in [0.15, 0.2) is 11.6 Å². The van der Waals surface area contributed by atoms with E-state index in [1.165, 1.54) is 30.4 Å². The Morgan fingerprint density at radius 3 is 2.69 bits per heavy atom. The second kappa shape index (κ2) is 8.34. The summed E-state index contributed by atoms with van der Waals surface area (Å²) in [5.41, 5.74) is 1.29. The molecule has 6 heteroatoms. The van der Waals surface area contributed by atoms with E-state index < -0.39 is 5.60 Å². The number of aryl methyl sites for hydroxylation is 1. The number of nitrogens with zero attached hydrogens (tertiary/aromatic N) is 3. The molecule has 1 aromatic carbocycles. The predicted octanol–water partition coefficient (Wildman–Crippen LogP) is 6.25. The second-order valence-electron chi connectivity index (χ2n) is 13.4. The van der Waals surface area contributed by atoms with Gasteiger partial charge in [-0.05, 0) is 124 Å². The summed E-state index contributed by atoms with van der Waals surface area (Å²) in [4.78, 5) is 13.8. The van der Waals surface area contributed by atoms with Crippen molar-refractivity contribution in [3.05, 3.63) is 23.5 Å². The number of aromatic nitrogens is 3. The van der Waals surface area contributed by atoms with E-state index in [9.17, 15) is 14.3 Å². The number of carbonyl (C=O) groups is 1. The molecule has 36 heavy (non-hydrogen) atoms. The number of benzene rings is 1. The van der Waals surface area contributed by atoms with Crippen LogP contribution in [0, 0.1) is 53.2 Å². The highest BCUT2D eigenvalue weighted by molar-refractivity contribution is 5.84. The van der Waals surface area contributed by atoms with Gasteiger partial charge in [0.25, 0.3) is 0 Å². The molecule has 0 spiro atoms. The molecule has 0 bridgehead atoms. The molecule has 5 nitrogen and oxygen atoms in total. The SMILES string of the molecule is CC[C@]12CC[C@@](C)(O)C[C@H]1CC[C@H]1[C@@H]3CC[C@H](C(=O)Cn4nnc5ccc(C)c(F)c54)[C@@]3(C)CC[C@@H]12. The van der Waals surface area contributed by atoms with Gasteiger partial charge in [0.1, 0.15) is 17.6 Å². The zero-order valence-corrected chi connectivity index (χ0v) is 22.4. The van der Waals surface area contributed by atoms with E-state index in [1.54, 1.807) is 19.1 Å². The molecular weight excluding hydrogens is 453 g/mol. The predicted molar refractivity (Wildman–Crippen MR) is 138 cm³/mol. The lowest BCUT2D eigenvalue weighted by atomic mass is 9.42. The zero-order valence-electron chi connectivity index (χ0n) is 22.4. The van der Waals surface area contributed by atoms with E-state index in [0.717, 1.165) is 44.4 Å². The Labute approximate surface area is 214 Å². The Hall–Kier alpha value is -1.82. The summed E-state index contributed by atoms with van der Waals surface area (Å²) in [6.07, 6.45) is 11.1. The van der Waals surface area contributed by atoms with Gasteiger partial charge in [-0.25, -0.2) is 9.07 Å². The summed E-state index contributed by atoms with van der Waals surface area (Å²) in [5, 5.41) is 19.1. The van der Waals surface area contributed by atoms with Gasteiger partial charge in [0.05, 0.1) is 5.60 Å². The molecule has 4 aliphatic carbocycles. The maximum Gasteiger partial charge on any atom is 0.157 e. The van der Waals surface area contributed by atoms with Crippen LogP contribution in [0.5, 0.6) is 0 Å². The Morgan fingerprint density at radius 2 is 1.92 bits per heavy atom. The topological polar surface area (TPSA) is 68.0 Å². The van der Waals surface area contributed by atoms with Crippen molar-refractivity contribution in [3.8, 4) is 0 Å². The lowest BCUT2D eigenvalue weighted by Crippen LogP contribution is -2.56. The summed E-state index contributed by atoms with van der Waals surface area (Å²) in [7, 11) is 0. The van der Waals surface area contributed by atoms with Crippen LogP contribution in [0.4, 0.5) is 4.39 Å². The number of hydrogen-bond acceptors (Lipinski definition) is 4. The third-order valence-electron chi connectivity index (χ3n) is 11.8. The monoisotopic (exact) mass is 495 g/mol. The molecule has 196 valence electrons. The summed E-state index contributed by atoms with van der Waals surface area (Å²) in [6.45, 7) is 8.64. The van der Waals surface area contributed by atoms with Crippen LogP contribution in [0.25, 0.3) is 11.0 Å². The lowest BCUT2D eigenvalue weighted by Gasteiger charge is -2.63. The Bertz CT molecular complexity index is 1190. The summed E-state index contributed by atoms with van der Waals surface area (Å²) >= 11 is 0. The Kier molecular flexibility index (Phi) is 5.68. The van der Waals surface area contributed by atoms with Crippen LogP contribution < -0.4 is 0 Å². The van der Waals surface area contributed by atoms with E-state index in [-0.39, 0.29) is 29.5 Å². The van der Waals surface area contributed by atoms with E-state index in [1.807, 2.05) is 6.92 Å². The number of hydrogen-bond donors (Lipinski definition) is 1. The molecule has 1 heterocycles. The number of Topliss-reactive ketones (excluding diaryl/α,β-unsaturated/α-hetero) is 1. The van der Waals surface area contributed by atoms with Crippen LogP contribution in [0.2, 0.25) is 0 Å². The van der Waals surface area contributed by atoms with E-state index in [0.29, 0.717) is 39.8 Å². The Morgan fingerprint density at radius 1 is 1.11 bits per heavy atom. The van der Waals surface area contributed by atoms with Gasteiger partial charge in [0, 0.05) is 5.92 Å².